The molecule has 0 bridgehead atoms. The van der Waals surface area contributed by atoms with Gasteiger partial charge in [0.15, 0.2) is 0 Å². The highest BCUT2D eigenvalue weighted by molar-refractivity contribution is 14.1. The van der Waals surface area contributed by atoms with E-state index in [1.54, 1.807) is 6.07 Å². The average molecular weight is 355 g/mol. The summed E-state index contributed by atoms with van der Waals surface area (Å²) in [4.78, 5) is 10.8. The molecule has 0 saturated carbocycles. The second-order valence-corrected chi connectivity index (χ2v) is 4.86. The molecule has 0 spiro atoms. The van der Waals surface area contributed by atoms with Gasteiger partial charge in [-0.25, -0.2) is 4.79 Å². The predicted molar refractivity (Wildman–Crippen MR) is 77.0 cm³/mol. The zero-order valence-corrected chi connectivity index (χ0v) is 11.4. The molecule has 0 saturated heterocycles. The smallest absolute Gasteiger partial charge is 0.335 e. The Labute approximate surface area is 118 Å². The largest absolute Gasteiger partial charge is 0.478 e. The van der Waals surface area contributed by atoms with Crippen LogP contribution in [0.2, 0.25) is 0 Å². The molecule has 92 valence electrons. The van der Waals surface area contributed by atoms with Crippen LogP contribution >= 0.6 is 22.6 Å². The summed E-state index contributed by atoms with van der Waals surface area (Å²) in [5.74, 6) is 0.0983. The average Bonchev–Trinajstić information content (AvgIpc) is 2.31. The number of carboxylic acid groups (broad SMARTS) is 1. The van der Waals surface area contributed by atoms with Crippen molar-refractivity contribution in [2.75, 3.05) is 5.73 Å². The molecule has 0 heterocycles. The lowest BCUT2D eigenvalue weighted by Crippen LogP contribution is -1.99. The molecule has 2 rings (SSSR count). The molecule has 5 heteroatoms. The molecule has 0 atom stereocenters. The fourth-order valence-corrected chi connectivity index (χ4v) is 1.95. The second-order valence-electron chi connectivity index (χ2n) is 3.62. The maximum absolute atomic E-state index is 10.8. The van der Waals surface area contributed by atoms with Crippen molar-refractivity contribution in [2.45, 2.75) is 0 Å². The quantitative estimate of drug-likeness (QED) is 0.654. The number of carboxylic acids is 1. The number of anilines is 1. The molecular formula is C13H10INO3. The zero-order chi connectivity index (χ0) is 13.1. The normalized spacial score (nSPS) is 10.1. The van der Waals surface area contributed by atoms with Crippen LogP contribution in [-0.4, -0.2) is 11.1 Å². The van der Waals surface area contributed by atoms with Crippen LogP contribution in [0.4, 0.5) is 5.69 Å². The number of nitrogens with two attached hydrogens (primary N) is 1. The van der Waals surface area contributed by atoms with Crippen molar-refractivity contribution in [1.29, 1.82) is 0 Å². The fourth-order valence-electron chi connectivity index (χ4n) is 1.43. The summed E-state index contributed by atoms with van der Waals surface area (Å²) in [5, 5.41) is 8.83. The molecule has 0 aliphatic rings. The van der Waals surface area contributed by atoms with E-state index in [0.29, 0.717) is 17.2 Å². The van der Waals surface area contributed by atoms with Crippen molar-refractivity contribution < 1.29 is 14.6 Å². The number of rotatable bonds is 3. The summed E-state index contributed by atoms with van der Waals surface area (Å²) in [7, 11) is 0. The lowest BCUT2D eigenvalue weighted by molar-refractivity contribution is 0.0697. The van der Waals surface area contributed by atoms with Crippen LogP contribution in [0.3, 0.4) is 0 Å². The minimum absolute atomic E-state index is 0.141. The molecule has 18 heavy (non-hydrogen) atoms. The number of carbonyl (C=O) groups is 1. The number of benzene rings is 2. The summed E-state index contributed by atoms with van der Waals surface area (Å²) < 4.78 is 6.65. The van der Waals surface area contributed by atoms with Gasteiger partial charge in [0, 0.05) is 3.57 Å². The Morgan fingerprint density at radius 1 is 1.22 bits per heavy atom. The maximum atomic E-state index is 10.8. The first kappa shape index (κ1) is 12.7. The number of halogens is 1. The van der Waals surface area contributed by atoms with E-state index < -0.39 is 5.97 Å². The third-order valence-electron chi connectivity index (χ3n) is 2.28. The van der Waals surface area contributed by atoms with E-state index in [4.69, 9.17) is 15.6 Å². The molecule has 0 radical (unpaired) electrons. The van der Waals surface area contributed by atoms with Crippen molar-refractivity contribution in [2.24, 2.45) is 0 Å². The first-order valence-corrected chi connectivity index (χ1v) is 6.20. The summed E-state index contributed by atoms with van der Waals surface area (Å²) in [5.41, 5.74) is 6.20. The van der Waals surface area contributed by atoms with Crippen LogP contribution in [0.15, 0.2) is 42.5 Å². The molecule has 3 N–H and O–H groups in total. The predicted octanol–water partition coefficient (Wildman–Crippen LogP) is 3.36. The van der Waals surface area contributed by atoms with Crippen LogP contribution < -0.4 is 10.5 Å². The number of hydrogen-bond acceptors (Lipinski definition) is 3. The van der Waals surface area contributed by atoms with Crippen LogP contribution in [0.1, 0.15) is 10.4 Å². The molecule has 2 aromatic carbocycles. The minimum atomic E-state index is -1.01. The van der Waals surface area contributed by atoms with Gasteiger partial charge in [-0.15, -0.1) is 0 Å². The maximum Gasteiger partial charge on any atom is 0.335 e. The van der Waals surface area contributed by atoms with Gasteiger partial charge in [0.25, 0.3) is 0 Å². The van der Waals surface area contributed by atoms with Crippen LogP contribution in [-0.2, 0) is 0 Å². The number of nitrogen functional groups attached to an aromatic ring is 1. The summed E-state index contributed by atoms with van der Waals surface area (Å²) >= 11 is 2.18. The molecule has 0 amide bonds. The number of ether oxygens (including phenoxy) is 1. The summed E-state index contributed by atoms with van der Waals surface area (Å²) in [6.07, 6.45) is 0. The Morgan fingerprint density at radius 2 is 2.00 bits per heavy atom. The Morgan fingerprint density at radius 3 is 2.61 bits per heavy atom. The van der Waals surface area contributed by atoms with Crippen LogP contribution in [0.5, 0.6) is 11.5 Å². The summed E-state index contributed by atoms with van der Waals surface area (Å²) in [6, 6.07) is 11.9. The van der Waals surface area contributed by atoms with Gasteiger partial charge >= 0.3 is 5.97 Å². The first-order chi connectivity index (χ1) is 8.56. The van der Waals surface area contributed by atoms with Gasteiger partial charge in [0.1, 0.15) is 11.5 Å². The highest BCUT2D eigenvalue weighted by atomic mass is 127. The number of hydrogen-bond donors (Lipinski definition) is 2. The van der Waals surface area contributed by atoms with Gasteiger partial charge in [0.05, 0.1) is 11.3 Å². The van der Waals surface area contributed by atoms with Crippen molar-refractivity contribution in [1.82, 2.24) is 0 Å². The van der Waals surface area contributed by atoms with Gasteiger partial charge in [-0.2, -0.15) is 0 Å². The third kappa shape index (κ3) is 2.92. The molecule has 0 aliphatic carbocycles. The van der Waals surface area contributed by atoms with Gasteiger partial charge in [-0.3, -0.25) is 0 Å². The van der Waals surface area contributed by atoms with Crippen molar-refractivity contribution in [3.8, 4) is 11.5 Å². The van der Waals surface area contributed by atoms with E-state index in [-0.39, 0.29) is 5.56 Å². The Bertz CT molecular complexity index is 599. The van der Waals surface area contributed by atoms with E-state index in [1.165, 1.54) is 12.1 Å². The highest BCUT2D eigenvalue weighted by Gasteiger charge is 2.08. The SMILES string of the molecule is Nc1cc(C(=O)O)ccc1Oc1cccc(I)c1. The van der Waals surface area contributed by atoms with E-state index in [9.17, 15) is 4.79 Å². The van der Waals surface area contributed by atoms with Crippen molar-refractivity contribution in [3.05, 3.63) is 51.6 Å². The number of aromatic carboxylic acids is 1. The first-order valence-electron chi connectivity index (χ1n) is 5.12. The Kier molecular flexibility index (Phi) is 3.71. The molecule has 0 unspecified atom stereocenters. The van der Waals surface area contributed by atoms with Crippen LogP contribution in [0, 0.1) is 3.57 Å². The van der Waals surface area contributed by atoms with Gasteiger partial charge in [-0.05, 0) is 59.0 Å². The Balaban J connectivity index is 2.27. The van der Waals surface area contributed by atoms with Crippen molar-refractivity contribution in [3.63, 3.8) is 0 Å². The molecule has 0 aliphatic heterocycles. The second kappa shape index (κ2) is 5.26. The lowest BCUT2D eigenvalue weighted by Gasteiger charge is -2.09. The van der Waals surface area contributed by atoms with Crippen molar-refractivity contribution >= 4 is 34.2 Å². The Hall–Kier alpha value is -1.76. The third-order valence-corrected chi connectivity index (χ3v) is 2.95. The lowest BCUT2D eigenvalue weighted by atomic mass is 10.2. The zero-order valence-electron chi connectivity index (χ0n) is 9.26. The standard InChI is InChI=1S/C13H10INO3/c14-9-2-1-3-10(7-9)18-12-5-4-8(13(16)17)6-11(12)15/h1-7H,15H2,(H,16,17). The van der Waals surface area contributed by atoms with E-state index in [2.05, 4.69) is 22.6 Å². The van der Waals surface area contributed by atoms with Gasteiger partial charge < -0.3 is 15.6 Å². The highest BCUT2D eigenvalue weighted by Crippen LogP contribution is 2.28. The molecular weight excluding hydrogens is 345 g/mol. The summed E-state index contributed by atoms with van der Waals surface area (Å²) in [6.45, 7) is 0. The van der Waals surface area contributed by atoms with Crippen LogP contribution in [0.25, 0.3) is 0 Å². The van der Waals surface area contributed by atoms with Gasteiger partial charge in [0.2, 0.25) is 0 Å². The topological polar surface area (TPSA) is 72.6 Å². The molecule has 0 fully saturated rings. The molecule has 4 nitrogen and oxygen atoms in total. The van der Waals surface area contributed by atoms with E-state index >= 15 is 0 Å². The van der Waals surface area contributed by atoms with E-state index in [0.717, 1.165) is 3.57 Å². The van der Waals surface area contributed by atoms with Gasteiger partial charge in [-0.1, -0.05) is 6.07 Å². The molecule has 2 aromatic rings. The fraction of sp³-hybridized carbons (Fsp3) is 0. The van der Waals surface area contributed by atoms with E-state index in [1.807, 2.05) is 24.3 Å². The minimum Gasteiger partial charge on any atom is -0.478 e. The molecule has 0 aromatic heterocycles. The monoisotopic (exact) mass is 355 g/mol.